The van der Waals surface area contributed by atoms with Crippen LogP contribution in [0, 0.1) is 17.3 Å². The number of hydrogen-bond donors (Lipinski definition) is 2. The fraction of sp³-hybridized carbons (Fsp3) is 0.632. The smallest absolute Gasteiger partial charge is 0.115 e. The molecule has 2 saturated carbocycles. The highest BCUT2D eigenvalue weighted by Crippen LogP contribution is 2.59. The molecule has 1 aromatic carbocycles. The second-order valence-electron chi connectivity index (χ2n) is 7.58. The molecule has 0 spiro atoms. The van der Waals surface area contributed by atoms with E-state index in [9.17, 15) is 5.11 Å². The van der Waals surface area contributed by atoms with Crippen LogP contribution in [0.1, 0.15) is 56.1 Å². The number of hydrazone groups is 1. The molecule has 0 heterocycles. The molecule has 4 rings (SSSR count). The molecule has 2 fully saturated rings. The molecule has 0 saturated heterocycles. The highest BCUT2D eigenvalue weighted by molar-refractivity contribution is 5.92. The highest BCUT2D eigenvalue weighted by atomic mass is 16.3. The van der Waals surface area contributed by atoms with Crippen LogP contribution in [0.4, 0.5) is 0 Å². The minimum atomic E-state index is 0.304. The zero-order valence-electron chi connectivity index (χ0n) is 13.6. The molecule has 0 aliphatic heterocycles. The van der Waals surface area contributed by atoms with Gasteiger partial charge >= 0.3 is 0 Å². The van der Waals surface area contributed by atoms with E-state index in [1.807, 2.05) is 19.2 Å². The molecule has 1 aromatic rings. The van der Waals surface area contributed by atoms with Gasteiger partial charge in [0.2, 0.25) is 0 Å². The van der Waals surface area contributed by atoms with E-state index in [4.69, 9.17) is 0 Å². The third-order valence-corrected chi connectivity index (χ3v) is 6.70. The average molecular weight is 298 g/mol. The van der Waals surface area contributed by atoms with E-state index in [1.165, 1.54) is 42.5 Å². The lowest BCUT2D eigenvalue weighted by Gasteiger charge is -2.49. The Morgan fingerprint density at radius 1 is 1.23 bits per heavy atom. The van der Waals surface area contributed by atoms with Crippen LogP contribution in [-0.2, 0) is 6.42 Å². The summed E-state index contributed by atoms with van der Waals surface area (Å²) in [6, 6.07) is 6.04. The van der Waals surface area contributed by atoms with Crippen LogP contribution in [-0.4, -0.2) is 17.9 Å². The molecule has 3 nitrogen and oxygen atoms in total. The number of benzene rings is 1. The lowest BCUT2D eigenvalue weighted by atomic mass is 9.55. The van der Waals surface area contributed by atoms with Crippen LogP contribution in [0.5, 0.6) is 5.75 Å². The van der Waals surface area contributed by atoms with Gasteiger partial charge in [-0.2, -0.15) is 5.10 Å². The van der Waals surface area contributed by atoms with Gasteiger partial charge in [-0.05, 0) is 79.5 Å². The molecule has 4 atom stereocenters. The molecule has 3 aliphatic carbocycles. The Bertz CT molecular complexity index is 624. The topological polar surface area (TPSA) is 44.6 Å². The van der Waals surface area contributed by atoms with Gasteiger partial charge in [0.05, 0.1) is 0 Å². The summed E-state index contributed by atoms with van der Waals surface area (Å²) in [5.41, 5.74) is 7.62. The quantitative estimate of drug-likeness (QED) is 0.774. The molecule has 22 heavy (non-hydrogen) atoms. The van der Waals surface area contributed by atoms with Gasteiger partial charge in [-0.15, -0.1) is 0 Å². The highest BCUT2D eigenvalue weighted by Gasteiger charge is 2.53. The molecule has 0 unspecified atom stereocenters. The van der Waals surface area contributed by atoms with Gasteiger partial charge < -0.3 is 10.5 Å². The molecular formula is C19H26N2O. The van der Waals surface area contributed by atoms with E-state index in [-0.39, 0.29) is 0 Å². The third kappa shape index (κ3) is 1.90. The van der Waals surface area contributed by atoms with Gasteiger partial charge in [0.1, 0.15) is 5.75 Å². The maximum Gasteiger partial charge on any atom is 0.115 e. The molecule has 3 heteroatoms. The van der Waals surface area contributed by atoms with Crippen LogP contribution in [0.15, 0.2) is 23.3 Å². The number of phenolic OH excluding ortho intramolecular Hbond substituents is 1. The van der Waals surface area contributed by atoms with Crippen LogP contribution in [0.25, 0.3) is 0 Å². The minimum Gasteiger partial charge on any atom is -0.508 e. The number of nitrogens with zero attached hydrogens (tertiary/aromatic N) is 1. The van der Waals surface area contributed by atoms with Crippen molar-refractivity contribution >= 4 is 5.71 Å². The second kappa shape index (κ2) is 5.00. The molecule has 2 N–H and O–H groups in total. The largest absolute Gasteiger partial charge is 0.508 e. The Labute approximate surface area is 132 Å². The maximum absolute atomic E-state index is 9.75. The predicted molar refractivity (Wildman–Crippen MR) is 89.2 cm³/mol. The van der Waals surface area contributed by atoms with Crippen molar-refractivity contribution in [3.8, 4) is 5.75 Å². The zero-order chi connectivity index (χ0) is 15.3. The Kier molecular flexibility index (Phi) is 3.21. The number of nitrogens with one attached hydrogen (secondary N) is 1. The average Bonchev–Trinajstić information content (AvgIpc) is 2.84. The second-order valence-corrected chi connectivity index (χ2v) is 7.58. The van der Waals surface area contributed by atoms with Crippen molar-refractivity contribution in [1.29, 1.82) is 0 Å². The van der Waals surface area contributed by atoms with E-state index in [1.54, 1.807) is 0 Å². The molecule has 3 aliphatic rings. The Balaban J connectivity index is 1.69. The Morgan fingerprint density at radius 3 is 2.91 bits per heavy atom. The van der Waals surface area contributed by atoms with E-state index < -0.39 is 0 Å². The molecular weight excluding hydrogens is 272 g/mol. The standard InChI is InChI=1S/C19H26N2O/c1-19-10-9-15-14-6-4-13(22)11-12(14)3-5-16(15)17(19)7-8-18(19)21-20-2/h4,6,11,15-17,20,22H,3,5,7-10H2,1-2H3/b21-18-/t15-,16-,17+,19+/m1/s1. The predicted octanol–water partition coefficient (Wildman–Crippen LogP) is 3.82. The van der Waals surface area contributed by atoms with E-state index in [2.05, 4.69) is 23.5 Å². The monoisotopic (exact) mass is 298 g/mol. The first kappa shape index (κ1) is 14.1. The van der Waals surface area contributed by atoms with E-state index in [0.717, 1.165) is 24.7 Å². The Hall–Kier alpha value is -1.51. The number of fused-ring (bicyclic) bond motifs is 5. The minimum absolute atomic E-state index is 0.304. The zero-order valence-corrected chi connectivity index (χ0v) is 13.6. The van der Waals surface area contributed by atoms with Gasteiger partial charge in [-0.3, -0.25) is 0 Å². The van der Waals surface area contributed by atoms with Crippen LogP contribution in [0.3, 0.4) is 0 Å². The van der Waals surface area contributed by atoms with Crippen molar-refractivity contribution < 1.29 is 5.11 Å². The third-order valence-electron chi connectivity index (χ3n) is 6.70. The first-order valence-electron chi connectivity index (χ1n) is 8.69. The van der Waals surface area contributed by atoms with Crippen molar-refractivity contribution in [3.63, 3.8) is 0 Å². The fourth-order valence-corrected chi connectivity index (χ4v) is 5.68. The number of aryl methyl sites for hydroxylation is 1. The van der Waals surface area contributed by atoms with Gasteiger partial charge in [0.25, 0.3) is 0 Å². The summed E-state index contributed by atoms with van der Waals surface area (Å²) in [6.07, 6.45) is 7.36. The van der Waals surface area contributed by atoms with Crippen LogP contribution in [0.2, 0.25) is 0 Å². The summed E-state index contributed by atoms with van der Waals surface area (Å²) in [6.45, 7) is 2.45. The summed E-state index contributed by atoms with van der Waals surface area (Å²) >= 11 is 0. The van der Waals surface area contributed by atoms with Crippen molar-refractivity contribution in [2.75, 3.05) is 7.05 Å². The summed E-state index contributed by atoms with van der Waals surface area (Å²) in [4.78, 5) is 0. The van der Waals surface area contributed by atoms with Crippen molar-refractivity contribution in [1.82, 2.24) is 5.43 Å². The van der Waals surface area contributed by atoms with Crippen LogP contribution < -0.4 is 5.43 Å². The number of hydrogen-bond acceptors (Lipinski definition) is 3. The van der Waals surface area contributed by atoms with Gasteiger partial charge in [-0.25, -0.2) is 0 Å². The van der Waals surface area contributed by atoms with Crippen molar-refractivity contribution in [2.45, 2.75) is 51.4 Å². The normalized spacial score (nSPS) is 38.3. The molecule has 0 amide bonds. The van der Waals surface area contributed by atoms with Crippen molar-refractivity contribution in [3.05, 3.63) is 29.3 Å². The summed E-state index contributed by atoms with van der Waals surface area (Å²) in [5.74, 6) is 2.68. The molecule has 0 radical (unpaired) electrons. The molecule has 0 bridgehead atoms. The van der Waals surface area contributed by atoms with Crippen molar-refractivity contribution in [2.24, 2.45) is 22.4 Å². The maximum atomic E-state index is 9.75. The van der Waals surface area contributed by atoms with Gasteiger partial charge in [0.15, 0.2) is 0 Å². The summed E-state index contributed by atoms with van der Waals surface area (Å²) in [5, 5.41) is 14.4. The molecule has 118 valence electrons. The fourth-order valence-electron chi connectivity index (χ4n) is 5.68. The van der Waals surface area contributed by atoms with Crippen LogP contribution >= 0.6 is 0 Å². The first-order chi connectivity index (χ1) is 10.6. The Morgan fingerprint density at radius 2 is 2.09 bits per heavy atom. The first-order valence-corrected chi connectivity index (χ1v) is 8.69. The summed E-state index contributed by atoms with van der Waals surface area (Å²) < 4.78 is 0. The number of aromatic hydroxyl groups is 1. The molecule has 0 aromatic heterocycles. The summed E-state index contributed by atoms with van der Waals surface area (Å²) in [7, 11) is 1.92. The van der Waals surface area contributed by atoms with E-state index >= 15 is 0 Å². The van der Waals surface area contributed by atoms with E-state index in [0.29, 0.717) is 17.1 Å². The van der Waals surface area contributed by atoms with Gasteiger partial charge in [-0.1, -0.05) is 13.0 Å². The lowest BCUT2D eigenvalue weighted by Crippen LogP contribution is -2.42. The lowest BCUT2D eigenvalue weighted by molar-refractivity contribution is 0.0954. The number of rotatable bonds is 1. The SMILES string of the molecule is CN/N=C1/CC[C@H]2[C@@H]3CCc4cc(O)ccc4[C@H]3CC[C@]12C. The number of phenols is 1. The van der Waals surface area contributed by atoms with Gasteiger partial charge in [0, 0.05) is 18.2 Å².